The van der Waals surface area contributed by atoms with Crippen LogP contribution in [-0.4, -0.2) is 36.9 Å². The molecule has 33 heavy (non-hydrogen) atoms. The molecule has 0 aromatic heterocycles. The minimum atomic E-state index is -0.326. The van der Waals surface area contributed by atoms with E-state index in [1.165, 1.54) is 11.1 Å². The van der Waals surface area contributed by atoms with Crippen LogP contribution in [0, 0.1) is 0 Å². The topological polar surface area (TPSA) is 23.6 Å². The Labute approximate surface area is 198 Å². The van der Waals surface area contributed by atoms with Crippen LogP contribution in [0.5, 0.6) is 0 Å². The van der Waals surface area contributed by atoms with Crippen LogP contribution in [0.4, 0.5) is 0 Å². The maximum atomic E-state index is 13.4. The highest BCUT2D eigenvalue weighted by Crippen LogP contribution is 2.50. The molecule has 3 nitrogen and oxygen atoms in total. The largest absolute Gasteiger partial charge is 0.332 e. The molecule has 0 atom stereocenters. The summed E-state index contributed by atoms with van der Waals surface area (Å²) in [5, 5.41) is 0. The number of hydrogen-bond acceptors (Lipinski definition) is 2. The summed E-state index contributed by atoms with van der Waals surface area (Å²) >= 11 is 0. The Bertz CT molecular complexity index is 1070. The van der Waals surface area contributed by atoms with Crippen molar-refractivity contribution < 1.29 is 4.79 Å². The molecule has 1 fully saturated rings. The summed E-state index contributed by atoms with van der Waals surface area (Å²) in [6.45, 7) is 0. The molecule has 0 saturated heterocycles. The zero-order chi connectivity index (χ0) is 23.3. The number of amides is 1. The fourth-order valence-corrected chi connectivity index (χ4v) is 5.44. The molecule has 3 aromatic rings. The summed E-state index contributed by atoms with van der Waals surface area (Å²) < 4.78 is 0. The minimum Gasteiger partial charge on any atom is -0.332 e. The fraction of sp³-hybridized carbons (Fsp3) is 0.300. The number of likely N-dealkylation sites (N-methyl/N-ethyl adjacent to an activating group) is 1. The number of carbonyl (C=O) groups excluding carboxylic acids is 1. The van der Waals surface area contributed by atoms with Crippen molar-refractivity contribution in [2.45, 2.75) is 36.8 Å². The number of rotatable bonds is 6. The average Bonchev–Trinajstić information content (AvgIpc) is 2.88. The molecule has 3 aromatic carbocycles. The first kappa shape index (κ1) is 23.0. The van der Waals surface area contributed by atoms with Gasteiger partial charge in [-0.05, 0) is 62.5 Å². The molecule has 0 N–H and O–H groups in total. The van der Waals surface area contributed by atoms with Gasteiger partial charge >= 0.3 is 0 Å². The smallest absolute Gasteiger partial charge is 0.247 e. The van der Waals surface area contributed by atoms with E-state index in [4.69, 9.17) is 0 Å². The van der Waals surface area contributed by atoms with Gasteiger partial charge in [0, 0.05) is 18.7 Å². The maximum Gasteiger partial charge on any atom is 0.247 e. The third-order valence-corrected chi connectivity index (χ3v) is 7.57. The Kier molecular flexibility index (Phi) is 6.80. The van der Waals surface area contributed by atoms with Gasteiger partial charge in [0.15, 0.2) is 0 Å². The lowest BCUT2D eigenvalue weighted by Gasteiger charge is -2.53. The van der Waals surface area contributed by atoms with E-state index < -0.39 is 0 Å². The monoisotopic (exact) mass is 438 g/mol. The van der Waals surface area contributed by atoms with E-state index in [0.29, 0.717) is 0 Å². The Balaban J connectivity index is 1.66. The van der Waals surface area contributed by atoms with Crippen LogP contribution in [0.15, 0.2) is 97.1 Å². The fourth-order valence-electron chi connectivity index (χ4n) is 5.44. The van der Waals surface area contributed by atoms with Crippen LogP contribution in [0.25, 0.3) is 6.08 Å². The van der Waals surface area contributed by atoms with Crippen molar-refractivity contribution in [1.82, 2.24) is 9.80 Å². The number of hydrogen-bond donors (Lipinski definition) is 0. The standard InChI is InChI=1S/C30H34N2O/c1-31(2)29(26-15-9-5-10-16-26)21-23-30(24-22-29,27-17-11-6-12-18-27)32(3)28(33)20-19-25-13-7-4-8-14-25/h4-20H,21-24H2,1-3H3/t29-,30-. The summed E-state index contributed by atoms with van der Waals surface area (Å²) in [4.78, 5) is 17.7. The van der Waals surface area contributed by atoms with Crippen LogP contribution in [0.3, 0.4) is 0 Å². The van der Waals surface area contributed by atoms with E-state index >= 15 is 0 Å². The van der Waals surface area contributed by atoms with E-state index in [1.807, 2.05) is 54.4 Å². The summed E-state index contributed by atoms with van der Waals surface area (Å²) in [7, 11) is 6.33. The third-order valence-electron chi connectivity index (χ3n) is 7.57. The van der Waals surface area contributed by atoms with Crippen molar-refractivity contribution in [3.63, 3.8) is 0 Å². The van der Waals surface area contributed by atoms with E-state index in [9.17, 15) is 4.79 Å². The van der Waals surface area contributed by atoms with Crippen molar-refractivity contribution in [2.24, 2.45) is 0 Å². The normalized spacial score (nSPS) is 23.0. The van der Waals surface area contributed by atoms with E-state index in [2.05, 4.69) is 73.6 Å². The lowest BCUT2D eigenvalue weighted by Crippen LogP contribution is -2.54. The molecule has 0 unspecified atom stereocenters. The van der Waals surface area contributed by atoms with Crippen molar-refractivity contribution in [3.05, 3.63) is 114 Å². The van der Waals surface area contributed by atoms with Crippen molar-refractivity contribution >= 4 is 12.0 Å². The summed E-state index contributed by atoms with van der Waals surface area (Å²) in [5.74, 6) is 0.0415. The molecule has 0 heterocycles. The highest BCUT2D eigenvalue weighted by atomic mass is 16.2. The van der Waals surface area contributed by atoms with E-state index in [1.54, 1.807) is 6.08 Å². The second-order valence-electron chi connectivity index (χ2n) is 9.33. The van der Waals surface area contributed by atoms with Gasteiger partial charge in [-0.15, -0.1) is 0 Å². The van der Waals surface area contributed by atoms with Gasteiger partial charge in [-0.3, -0.25) is 9.69 Å². The molecule has 0 aliphatic heterocycles. The first-order chi connectivity index (χ1) is 16.0. The Morgan fingerprint density at radius 3 is 1.58 bits per heavy atom. The first-order valence-electron chi connectivity index (χ1n) is 11.8. The van der Waals surface area contributed by atoms with Gasteiger partial charge in [-0.2, -0.15) is 0 Å². The predicted octanol–water partition coefficient (Wildman–Crippen LogP) is 6.08. The molecule has 1 aliphatic carbocycles. The summed E-state index contributed by atoms with van der Waals surface area (Å²) in [5.41, 5.74) is 3.26. The summed E-state index contributed by atoms with van der Waals surface area (Å²) in [6, 6.07) is 31.4. The summed E-state index contributed by atoms with van der Waals surface area (Å²) in [6.07, 6.45) is 7.41. The molecule has 0 radical (unpaired) electrons. The predicted molar refractivity (Wildman–Crippen MR) is 137 cm³/mol. The molecule has 170 valence electrons. The van der Waals surface area contributed by atoms with Gasteiger partial charge in [0.2, 0.25) is 5.91 Å². The lowest BCUT2D eigenvalue weighted by atomic mass is 9.66. The second kappa shape index (κ2) is 9.76. The first-order valence-corrected chi connectivity index (χ1v) is 11.8. The van der Waals surface area contributed by atoms with E-state index in [-0.39, 0.29) is 17.0 Å². The average molecular weight is 439 g/mol. The van der Waals surface area contributed by atoms with Crippen molar-refractivity contribution in [2.75, 3.05) is 21.1 Å². The molecule has 1 amide bonds. The lowest BCUT2D eigenvalue weighted by molar-refractivity contribution is -0.133. The van der Waals surface area contributed by atoms with Crippen molar-refractivity contribution in [1.29, 1.82) is 0 Å². The van der Waals surface area contributed by atoms with Gasteiger partial charge in [0.1, 0.15) is 0 Å². The van der Waals surface area contributed by atoms with Crippen LogP contribution >= 0.6 is 0 Å². The molecular weight excluding hydrogens is 404 g/mol. The van der Waals surface area contributed by atoms with Gasteiger partial charge < -0.3 is 4.90 Å². The minimum absolute atomic E-state index is 0.0245. The molecule has 3 heteroatoms. The molecular formula is C30H34N2O. The highest BCUT2D eigenvalue weighted by Gasteiger charge is 2.48. The van der Waals surface area contributed by atoms with Crippen LogP contribution < -0.4 is 0 Å². The maximum absolute atomic E-state index is 13.4. The highest BCUT2D eigenvalue weighted by molar-refractivity contribution is 5.92. The Morgan fingerprint density at radius 1 is 0.667 bits per heavy atom. The van der Waals surface area contributed by atoms with Crippen LogP contribution in [-0.2, 0) is 15.9 Å². The number of benzene rings is 3. The quantitative estimate of drug-likeness (QED) is 0.435. The van der Waals surface area contributed by atoms with Gasteiger partial charge in [0.25, 0.3) is 0 Å². The number of carbonyl (C=O) groups is 1. The zero-order valence-corrected chi connectivity index (χ0v) is 19.9. The van der Waals surface area contributed by atoms with E-state index in [0.717, 1.165) is 31.2 Å². The van der Waals surface area contributed by atoms with Crippen LogP contribution in [0.1, 0.15) is 42.4 Å². The zero-order valence-electron chi connectivity index (χ0n) is 19.9. The molecule has 0 spiro atoms. The second-order valence-corrected chi connectivity index (χ2v) is 9.33. The SMILES string of the molecule is CN(C)[C@]1(c2ccccc2)CC[C@@](c2ccccc2)(N(C)C(=O)C=Cc2ccccc2)CC1. The molecule has 1 saturated carbocycles. The Hall–Kier alpha value is -3.17. The molecule has 0 bridgehead atoms. The number of nitrogens with zero attached hydrogens (tertiary/aromatic N) is 2. The molecule has 4 rings (SSSR count). The van der Waals surface area contributed by atoms with Crippen molar-refractivity contribution in [3.8, 4) is 0 Å². The van der Waals surface area contributed by atoms with Gasteiger partial charge in [-0.25, -0.2) is 0 Å². The Morgan fingerprint density at radius 2 is 1.09 bits per heavy atom. The molecule has 1 aliphatic rings. The van der Waals surface area contributed by atoms with Crippen LogP contribution in [0.2, 0.25) is 0 Å². The third kappa shape index (κ3) is 4.51. The van der Waals surface area contributed by atoms with Gasteiger partial charge in [0.05, 0.1) is 5.54 Å². The van der Waals surface area contributed by atoms with Gasteiger partial charge in [-0.1, -0.05) is 91.0 Å².